The van der Waals surface area contributed by atoms with Gasteiger partial charge in [-0.05, 0) is 135 Å². The molecule has 0 saturated carbocycles. The predicted octanol–water partition coefficient (Wildman–Crippen LogP) is 7.21. The van der Waals surface area contributed by atoms with E-state index in [1.807, 2.05) is 96.1 Å². The van der Waals surface area contributed by atoms with Gasteiger partial charge in [-0.25, -0.2) is 0 Å². The fourth-order valence-corrected chi connectivity index (χ4v) is 13.2. The number of piperidine rings is 1. The molecule has 1 aliphatic rings. The molecule has 0 bridgehead atoms. The fraction of sp³-hybridized carbons (Fsp3) is 0.653. The molecule has 0 spiro atoms. The highest BCUT2D eigenvalue weighted by Gasteiger charge is 2.42. The van der Waals surface area contributed by atoms with Crippen LogP contribution in [0.3, 0.4) is 0 Å². The highest BCUT2D eigenvalue weighted by Crippen LogP contribution is 2.27. The quantitative estimate of drug-likeness (QED) is 0.0379. The molecule has 1 aliphatic heterocycles. The van der Waals surface area contributed by atoms with Gasteiger partial charge in [0.05, 0.1) is 30.7 Å². The second kappa shape index (κ2) is 40.5. The standard InChI is InChI=1S/C72H111BIN7O14/c1-45(2)34-54(66(87)75-60(40-53-28-25-29-56(74)39-53)70(91)81-32-23-18-24-33-81)42-64(86)61(35-46(3)4)78(14)67(88)49(9)37-63(85)50(10)77(13)69(90)59(51(11)82)43-58(84)44-76(12)72(93)65(48(7)8)80(16)71(92)62(36-47(5)6)79(15)68(89)55(38-52-26-19-17-20-27-52)41-57(83)30-21-22-31-73(94)95/h17,19-20,22,25-29,31,39,45-51,54-55,59-62,65,82,94-95H,18,21,23-24,30,32-38,40-44H2,1-16H3,(H,75,87)/b31-22+/t49-,50+,51-,54-,55-,59+,60+,61+,62+,65+/m1/s1. The van der Waals surface area contributed by atoms with Crippen LogP contribution in [0.15, 0.2) is 66.6 Å². The van der Waals surface area contributed by atoms with Crippen LogP contribution in [0.25, 0.3) is 0 Å². The lowest BCUT2D eigenvalue weighted by atomic mass is 9.86. The number of carbonyl (C=O) groups is 11. The third-order valence-electron chi connectivity index (χ3n) is 18.0. The van der Waals surface area contributed by atoms with E-state index in [1.165, 1.54) is 69.9 Å². The maximum absolute atomic E-state index is 14.8. The molecular weight excluding hydrogens is 1320 g/mol. The first-order chi connectivity index (χ1) is 44.5. The molecule has 1 heterocycles. The first kappa shape index (κ1) is 83.1. The molecular formula is C72H111BIN7O14. The van der Waals surface area contributed by atoms with Gasteiger partial charge in [-0.1, -0.05) is 117 Å². The number of carbonyl (C=O) groups excluding carboxylic acids is 11. The second-order valence-electron chi connectivity index (χ2n) is 28.1. The highest BCUT2D eigenvalue weighted by atomic mass is 127. The summed E-state index contributed by atoms with van der Waals surface area (Å²) in [5.41, 5.74) is 1.70. The molecule has 0 unspecified atom stereocenters. The van der Waals surface area contributed by atoms with E-state index in [-0.39, 0.29) is 93.0 Å². The summed E-state index contributed by atoms with van der Waals surface area (Å²) < 4.78 is 0.993. The van der Waals surface area contributed by atoms with Crippen molar-refractivity contribution in [2.75, 3.05) is 54.9 Å². The number of hydrogen-bond donors (Lipinski definition) is 4. The number of rotatable bonds is 40. The average Bonchev–Trinajstić information content (AvgIpc) is 0.838. The first-order valence-corrected chi connectivity index (χ1v) is 35.0. The predicted molar refractivity (Wildman–Crippen MR) is 376 cm³/mol. The number of amides is 7. The molecule has 95 heavy (non-hydrogen) atoms. The number of halogens is 1. The van der Waals surface area contributed by atoms with Crippen LogP contribution in [0.2, 0.25) is 0 Å². The monoisotopic (exact) mass is 1440 g/mol. The van der Waals surface area contributed by atoms with Crippen molar-refractivity contribution >= 4 is 94.2 Å². The van der Waals surface area contributed by atoms with E-state index < -0.39 is 133 Å². The van der Waals surface area contributed by atoms with Crippen LogP contribution in [0.5, 0.6) is 0 Å². The summed E-state index contributed by atoms with van der Waals surface area (Å²) in [7, 11) is 5.58. The number of nitrogens with one attached hydrogen (secondary N) is 1. The normalized spacial score (nSPS) is 15.8. The van der Waals surface area contributed by atoms with Crippen LogP contribution < -0.4 is 5.32 Å². The van der Waals surface area contributed by atoms with Crippen LogP contribution in [0.4, 0.5) is 0 Å². The summed E-state index contributed by atoms with van der Waals surface area (Å²) in [6.45, 7) is 20.1. The fourth-order valence-electron chi connectivity index (χ4n) is 12.5. The summed E-state index contributed by atoms with van der Waals surface area (Å²) in [6.07, 6.45) is 3.32. The van der Waals surface area contributed by atoms with Gasteiger partial charge in [0.25, 0.3) is 0 Å². The zero-order chi connectivity index (χ0) is 71.7. The van der Waals surface area contributed by atoms with Gasteiger partial charge in [0.1, 0.15) is 23.9 Å². The lowest BCUT2D eigenvalue weighted by molar-refractivity contribution is -0.153. The van der Waals surface area contributed by atoms with E-state index in [9.17, 15) is 67.9 Å². The number of likely N-dealkylation sites (N-methyl/N-ethyl adjacent to an activating group) is 5. The molecule has 1 fully saturated rings. The summed E-state index contributed by atoms with van der Waals surface area (Å²) in [5, 5.41) is 32.4. The second-order valence-corrected chi connectivity index (χ2v) is 29.3. The summed E-state index contributed by atoms with van der Waals surface area (Å²) in [6, 6.07) is 11.8. The Bertz CT molecular complexity index is 2920. The summed E-state index contributed by atoms with van der Waals surface area (Å²) in [5.74, 6) is -8.45. The molecule has 0 radical (unpaired) electrons. The van der Waals surface area contributed by atoms with Gasteiger partial charge in [-0.3, -0.25) is 52.7 Å². The number of aliphatic hydroxyl groups excluding tert-OH is 1. The number of aliphatic hydroxyl groups is 1. The largest absolute Gasteiger partial charge is 0.480 e. The van der Waals surface area contributed by atoms with Gasteiger partial charge in [0, 0.05) is 108 Å². The Morgan fingerprint density at radius 3 is 1.73 bits per heavy atom. The molecule has 0 aliphatic carbocycles. The zero-order valence-electron chi connectivity index (χ0n) is 59.4. The molecule has 1 saturated heterocycles. The van der Waals surface area contributed by atoms with Crippen LogP contribution in [0, 0.1) is 50.9 Å². The Kier molecular flexibility index (Phi) is 35.4. The number of nitrogens with zero attached hydrogens (tertiary/aromatic N) is 6. The van der Waals surface area contributed by atoms with Crippen LogP contribution in [-0.4, -0.2) is 207 Å². The Morgan fingerprint density at radius 1 is 0.589 bits per heavy atom. The molecule has 3 rings (SSSR count). The van der Waals surface area contributed by atoms with Gasteiger partial charge < -0.3 is 49.9 Å². The lowest BCUT2D eigenvalue weighted by Gasteiger charge is -2.38. The number of benzene rings is 2. The molecule has 0 aromatic heterocycles. The minimum Gasteiger partial charge on any atom is -0.424 e. The van der Waals surface area contributed by atoms with Crippen LogP contribution in [-0.2, 0) is 65.6 Å². The number of hydrogen-bond acceptors (Lipinski definition) is 14. The minimum atomic E-state index is -1.66. The van der Waals surface area contributed by atoms with E-state index >= 15 is 0 Å². The summed E-state index contributed by atoms with van der Waals surface area (Å²) in [4.78, 5) is 165. The van der Waals surface area contributed by atoms with Gasteiger partial charge in [0.15, 0.2) is 17.3 Å². The Balaban J connectivity index is 1.75. The van der Waals surface area contributed by atoms with Crippen molar-refractivity contribution in [3.8, 4) is 0 Å². The molecule has 528 valence electrons. The molecule has 23 heteroatoms. The van der Waals surface area contributed by atoms with Crippen molar-refractivity contribution in [1.82, 2.24) is 34.7 Å². The smallest absolute Gasteiger partial charge is 0.424 e. The average molecular weight is 1440 g/mol. The first-order valence-electron chi connectivity index (χ1n) is 34.0. The third kappa shape index (κ3) is 27.0. The van der Waals surface area contributed by atoms with Crippen molar-refractivity contribution in [3.05, 3.63) is 81.3 Å². The number of ketones is 4. The van der Waals surface area contributed by atoms with Gasteiger partial charge in [0.2, 0.25) is 41.4 Å². The van der Waals surface area contributed by atoms with Crippen molar-refractivity contribution in [3.63, 3.8) is 0 Å². The molecule has 7 amide bonds. The van der Waals surface area contributed by atoms with E-state index in [4.69, 9.17) is 0 Å². The Labute approximate surface area is 579 Å². The highest BCUT2D eigenvalue weighted by molar-refractivity contribution is 14.1. The number of Topliss-reactive ketones (excluding diaryl/α,β-unsaturated/α-hetero) is 4. The van der Waals surface area contributed by atoms with Gasteiger partial charge in [-0.15, -0.1) is 0 Å². The topological polar surface area (TPSA) is 280 Å². The molecule has 10 atom stereocenters. The van der Waals surface area contributed by atoms with Crippen molar-refractivity contribution < 1.29 is 67.9 Å². The maximum Gasteiger partial charge on any atom is 0.480 e. The van der Waals surface area contributed by atoms with E-state index in [0.29, 0.717) is 19.5 Å². The van der Waals surface area contributed by atoms with Crippen molar-refractivity contribution in [2.45, 2.75) is 202 Å². The number of allylic oxidation sites excluding steroid dienone is 1. The summed E-state index contributed by atoms with van der Waals surface area (Å²) >= 11 is 2.21. The van der Waals surface area contributed by atoms with Gasteiger partial charge >= 0.3 is 7.12 Å². The van der Waals surface area contributed by atoms with Crippen molar-refractivity contribution in [1.29, 1.82) is 0 Å². The molecule has 4 N–H and O–H groups in total. The zero-order valence-corrected chi connectivity index (χ0v) is 61.6. The SMILES string of the molecule is CC(C)C[C@H](CC(=O)[C@H](CC(C)C)N(C)C(=O)[C@H](C)CC(=O)[C@H](C)N(C)C(=O)[C@@H](CC(=O)CN(C)C(=O)[C@H](C(C)C)N(C)C(=O)[C@H](CC(C)C)N(C)C(=O)[C@@H](CC(=O)CC/C=C/B(O)O)Cc1ccccc1)[C@@H](C)O)C(=O)N[C@@H](Cc1cccc(I)c1)C(=O)N1CCCCC1. The van der Waals surface area contributed by atoms with Crippen molar-refractivity contribution in [2.24, 2.45) is 47.3 Å². The molecule has 21 nitrogen and oxygen atoms in total. The van der Waals surface area contributed by atoms with E-state index in [1.54, 1.807) is 25.7 Å². The lowest BCUT2D eigenvalue weighted by Crippen LogP contribution is -2.57. The number of likely N-dealkylation sites (tertiary alicyclic amines) is 1. The third-order valence-corrected chi connectivity index (χ3v) is 18.7. The van der Waals surface area contributed by atoms with E-state index in [0.717, 1.165) is 49.7 Å². The minimum absolute atomic E-state index is 0.00990. The van der Waals surface area contributed by atoms with Crippen LogP contribution >= 0.6 is 22.6 Å². The maximum atomic E-state index is 14.8. The van der Waals surface area contributed by atoms with Gasteiger partial charge in [-0.2, -0.15) is 0 Å². The van der Waals surface area contributed by atoms with E-state index in [2.05, 4.69) is 27.9 Å². The Hall–Kier alpha value is -6.18. The van der Waals surface area contributed by atoms with Crippen LogP contribution in [0.1, 0.15) is 164 Å². The molecule has 2 aromatic rings. The molecule has 2 aromatic carbocycles. The Morgan fingerprint density at radius 2 is 1.17 bits per heavy atom.